The maximum Gasteiger partial charge on any atom is 0.338 e. The number of esters is 1. The van der Waals surface area contributed by atoms with E-state index in [1.807, 2.05) is 0 Å². The standard InChI is InChI=1S/C18H18FN3O5/c1-21(2)15-8-5-13(9-16(15)22(25)26)18(24)27-11-17(23)20-10-12-3-6-14(19)7-4-12/h3-9H,10-11H2,1-2H3,(H,20,23). The minimum absolute atomic E-state index is 0.0290. The van der Waals surface area contributed by atoms with Gasteiger partial charge in [0, 0.05) is 26.7 Å². The van der Waals surface area contributed by atoms with E-state index in [-0.39, 0.29) is 23.6 Å². The van der Waals surface area contributed by atoms with E-state index in [4.69, 9.17) is 4.74 Å². The Balaban J connectivity index is 1.92. The molecule has 0 fully saturated rings. The number of benzene rings is 2. The van der Waals surface area contributed by atoms with Gasteiger partial charge in [-0.05, 0) is 29.8 Å². The molecule has 0 aliphatic rings. The average Bonchev–Trinajstić information content (AvgIpc) is 2.64. The molecule has 0 spiro atoms. The minimum atomic E-state index is -0.847. The lowest BCUT2D eigenvalue weighted by Gasteiger charge is -2.13. The molecule has 0 saturated heterocycles. The van der Waals surface area contributed by atoms with Gasteiger partial charge in [0.2, 0.25) is 0 Å². The number of nitro groups is 1. The van der Waals surface area contributed by atoms with Crippen molar-refractivity contribution in [1.29, 1.82) is 0 Å². The van der Waals surface area contributed by atoms with Gasteiger partial charge in [0.1, 0.15) is 11.5 Å². The minimum Gasteiger partial charge on any atom is -0.452 e. The van der Waals surface area contributed by atoms with Crippen LogP contribution < -0.4 is 10.2 Å². The van der Waals surface area contributed by atoms with Crippen LogP contribution in [0.3, 0.4) is 0 Å². The Morgan fingerprint density at radius 3 is 2.44 bits per heavy atom. The van der Waals surface area contributed by atoms with E-state index in [9.17, 15) is 24.1 Å². The molecular weight excluding hydrogens is 357 g/mol. The summed E-state index contributed by atoms with van der Waals surface area (Å²) in [7, 11) is 3.29. The van der Waals surface area contributed by atoms with E-state index in [1.54, 1.807) is 19.0 Å². The zero-order valence-electron chi connectivity index (χ0n) is 14.8. The third-order valence-electron chi connectivity index (χ3n) is 3.63. The van der Waals surface area contributed by atoms with Crippen LogP contribution in [0.4, 0.5) is 15.8 Å². The van der Waals surface area contributed by atoms with Gasteiger partial charge in [-0.15, -0.1) is 0 Å². The molecule has 0 saturated carbocycles. The van der Waals surface area contributed by atoms with Crippen LogP contribution in [0.15, 0.2) is 42.5 Å². The molecule has 2 rings (SSSR count). The summed E-state index contributed by atoms with van der Waals surface area (Å²) in [6.45, 7) is -0.386. The number of hydrogen-bond donors (Lipinski definition) is 1. The Kier molecular flexibility index (Phi) is 6.42. The van der Waals surface area contributed by atoms with Gasteiger partial charge in [-0.3, -0.25) is 14.9 Å². The molecule has 0 unspecified atom stereocenters. The van der Waals surface area contributed by atoms with Crippen molar-refractivity contribution in [3.63, 3.8) is 0 Å². The van der Waals surface area contributed by atoms with Gasteiger partial charge in [-0.2, -0.15) is 0 Å². The van der Waals surface area contributed by atoms with Crippen molar-refractivity contribution in [3.05, 3.63) is 69.5 Å². The predicted octanol–water partition coefficient (Wildman–Crippen LogP) is 2.27. The lowest BCUT2D eigenvalue weighted by molar-refractivity contribution is -0.384. The maximum atomic E-state index is 12.8. The van der Waals surface area contributed by atoms with Gasteiger partial charge < -0.3 is 15.0 Å². The summed E-state index contributed by atoms with van der Waals surface area (Å²) < 4.78 is 17.7. The first-order valence-electron chi connectivity index (χ1n) is 7.92. The van der Waals surface area contributed by atoms with Crippen LogP contribution in [0.5, 0.6) is 0 Å². The zero-order valence-corrected chi connectivity index (χ0v) is 14.8. The number of ether oxygens (including phenoxy) is 1. The van der Waals surface area contributed by atoms with Crippen molar-refractivity contribution < 1.29 is 23.6 Å². The fourth-order valence-electron chi connectivity index (χ4n) is 2.24. The number of rotatable bonds is 7. The largest absolute Gasteiger partial charge is 0.452 e. The van der Waals surface area contributed by atoms with Gasteiger partial charge in [-0.25, -0.2) is 9.18 Å². The Hall–Kier alpha value is -3.49. The molecule has 0 heterocycles. The van der Waals surface area contributed by atoms with E-state index in [0.29, 0.717) is 11.3 Å². The van der Waals surface area contributed by atoms with E-state index in [2.05, 4.69) is 5.32 Å². The second-order valence-corrected chi connectivity index (χ2v) is 5.83. The Bertz CT molecular complexity index is 853. The van der Waals surface area contributed by atoms with Crippen LogP contribution in [0.2, 0.25) is 0 Å². The second-order valence-electron chi connectivity index (χ2n) is 5.83. The average molecular weight is 375 g/mol. The molecule has 8 nitrogen and oxygen atoms in total. The first-order valence-corrected chi connectivity index (χ1v) is 7.92. The molecule has 0 aliphatic carbocycles. The Morgan fingerprint density at radius 1 is 1.19 bits per heavy atom. The molecule has 0 aromatic heterocycles. The number of hydrogen-bond acceptors (Lipinski definition) is 6. The summed E-state index contributed by atoms with van der Waals surface area (Å²) in [5.74, 6) is -1.78. The molecule has 1 amide bonds. The number of nitrogens with one attached hydrogen (secondary N) is 1. The summed E-state index contributed by atoms with van der Waals surface area (Å²) in [5.41, 5.74) is 0.758. The lowest BCUT2D eigenvalue weighted by atomic mass is 10.1. The van der Waals surface area contributed by atoms with Crippen LogP contribution in [-0.4, -0.2) is 37.5 Å². The van der Waals surface area contributed by atoms with E-state index < -0.39 is 23.4 Å². The van der Waals surface area contributed by atoms with Crippen LogP contribution in [0.1, 0.15) is 15.9 Å². The van der Waals surface area contributed by atoms with Gasteiger partial charge in [0.05, 0.1) is 10.5 Å². The van der Waals surface area contributed by atoms with E-state index >= 15 is 0 Å². The third-order valence-corrected chi connectivity index (χ3v) is 3.63. The highest BCUT2D eigenvalue weighted by Gasteiger charge is 2.20. The summed E-state index contributed by atoms with van der Waals surface area (Å²) >= 11 is 0. The molecule has 2 aromatic carbocycles. The molecule has 27 heavy (non-hydrogen) atoms. The summed E-state index contributed by atoms with van der Waals surface area (Å²) in [6.07, 6.45) is 0. The molecule has 1 N–H and O–H groups in total. The highest BCUT2D eigenvalue weighted by Crippen LogP contribution is 2.27. The third kappa shape index (κ3) is 5.50. The number of nitro benzene ring substituents is 1. The molecule has 0 radical (unpaired) electrons. The summed E-state index contributed by atoms with van der Waals surface area (Å²) in [5, 5.41) is 13.7. The smallest absolute Gasteiger partial charge is 0.338 e. The van der Waals surface area contributed by atoms with Gasteiger partial charge in [-0.1, -0.05) is 12.1 Å². The van der Waals surface area contributed by atoms with Crippen LogP contribution in [-0.2, 0) is 16.1 Å². The second kappa shape index (κ2) is 8.75. The molecule has 0 aliphatic heterocycles. The highest BCUT2D eigenvalue weighted by molar-refractivity contribution is 5.93. The number of carbonyl (C=O) groups is 2. The number of anilines is 1. The van der Waals surface area contributed by atoms with Crippen molar-refractivity contribution >= 4 is 23.3 Å². The number of amides is 1. The molecular formula is C18H18FN3O5. The fourth-order valence-corrected chi connectivity index (χ4v) is 2.24. The predicted molar refractivity (Wildman–Crippen MR) is 96.0 cm³/mol. The number of halogens is 1. The fraction of sp³-hybridized carbons (Fsp3) is 0.222. The normalized spacial score (nSPS) is 10.2. The zero-order chi connectivity index (χ0) is 20.0. The van der Waals surface area contributed by atoms with E-state index in [1.165, 1.54) is 36.4 Å². The van der Waals surface area contributed by atoms with Crippen molar-refractivity contribution in [2.45, 2.75) is 6.54 Å². The van der Waals surface area contributed by atoms with Gasteiger partial charge in [0.25, 0.3) is 11.6 Å². The highest BCUT2D eigenvalue weighted by atomic mass is 19.1. The quantitative estimate of drug-likeness (QED) is 0.453. The van der Waals surface area contributed by atoms with Gasteiger partial charge >= 0.3 is 5.97 Å². The SMILES string of the molecule is CN(C)c1ccc(C(=O)OCC(=O)NCc2ccc(F)cc2)cc1[N+](=O)[O-]. The summed E-state index contributed by atoms with van der Waals surface area (Å²) in [4.78, 5) is 35.9. The summed E-state index contributed by atoms with van der Waals surface area (Å²) in [6, 6.07) is 9.51. The monoisotopic (exact) mass is 375 g/mol. The molecule has 9 heteroatoms. The lowest BCUT2D eigenvalue weighted by Crippen LogP contribution is -2.28. The van der Waals surface area contributed by atoms with Crippen LogP contribution in [0, 0.1) is 15.9 Å². The molecule has 0 bridgehead atoms. The van der Waals surface area contributed by atoms with Crippen molar-refractivity contribution in [2.24, 2.45) is 0 Å². The van der Waals surface area contributed by atoms with Crippen LogP contribution >= 0.6 is 0 Å². The maximum absolute atomic E-state index is 12.8. The Labute approximate surface area is 154 Å². The van der Waals surface area contributed by atoms with Crippen molar-refractivity contribution in [3.8, 4) is 0 Å². The van der Waals surface area contributed by atoms with Gasteiger partial charge in [0.15, 0.2) is 6.61 Å². The van der Waals surface area contributed by atoms with Crippen LogP contribution in [0.25, 0.3) is 0 Å². The van der Waals surface area contributed by atoms with Crippen molar-refractivity contribution in [1.82, 2.24) is 5.32 Å². The molecule has 2 aromatic rings. The first-order chi connectivity index (χ1) is 12.8. The van der Waals surface area contributed by atoms with Crippen molar-refractivity contribution in [2.75, 3.05) is 25.6 Å². The molecule has 0 atom stereocenters. The first kappa shape index (κ1) is 19.8. The number of carbonyl (C=O) groups excluding carboxylic acids is 2. The number of nitrogens with zero attached hydrogens (tertiary/aromatic N) is 2. The molecule has 142 valence electrons. The van der Waals surface area contributed by atoms with E-state index in [0.717, 1.165) is 6.07 Å². The Morgan fingerprint density at radius 2 is 1.85 bits per heavy atom. The topological polar surface area (TPSA) is 102 Å².